The molecule has 1 aromatic heterocycles. The molecule has 2 spiro atoms. The number of nitrogens with zero attached hydrogens (tertiary/aromatic N) is 2. The van der Waals surface area contributed by atoms with Crippen molar-refractivity contribution in [3.8, 4) is 0 Å². The number of hydrogen-bond donors (Lipinski definition) is 2. The van der Waals surface area contributed by atoms with Crippen molar-refractivity contribution < 1.29 is 14.3 Å². The molecule has 2 N–H and O–H groups in total. The Kier molecular flexibility index (Phi) is 4.33. The van der Waals surface area contributed by atoms with Crippen LogP contribution in [-0.2, 0) is 21.6 Å². The highest BCUT2D eigenvalue weighted by molar-refractivity contribution is 7.14. The monoisotopic (exact) mass is 402 g/mol. The summed E-state index contributed by atoms with van der Waals surface area (Å²) in [5, 5.41) is 6.21. The lowest BCUT2D eigenvalue weighted by Crippen LogP contribution is -2.50. The number of rotatable bonds is 1. The van der Waals surface area contributed by atoms with E-state index in [1.54, 1.807) is 11.3 Å². The quantitative estimate of drug-likeness (QED) is 0.744. The van der Waals surface area contributed by atoms with E-state index >= 15 is 0 Å². The first-order valence-electron chi connectivity index (χ1n) is 10.2. The van der Waals surface area contributed by atoms with Crippen LogP contribution in [-0.4, -0.2) is 60.9 Å². The average molecular weight is 403 g/mol. The van der Waals surface area contributed by atoms with Crippen molar-refractivity contribution in [1.82, 2.24) is 15.5 Å². The third kappa shape index (κ3) is 2.81. The molecular formula is C20H26N4O3S. The third-order valence-electron chi connectivity index (χ3n) is 6.57. The molecule has 0 aromatic carbocycles. The molecule has 0 radical (unpaired) electrons. The van der Waals surface area contributed by atoms with Crippen LogP contribution in [0.5, 0.6) is 0 Å². The third-order valence-corrected chi connectivity index (χ3v) is 7.92. The van der Waals surface area contributed by atoms with Gasteiger partial charge in [0.15, 0.2) is 0 Å². The zero-order valence-electron chi connectivity index (χ0n) is 16.2. The highest BCUT2D eigenvalue weighted by Gasteiger charge is 2.46. The highest BCUT2D eigenvalue weighted by Crippen LogP contribution is 2.44. The lowest BCUT2D eigenvalue weighted by molar-refractivity contribution is -0.125. The Morgan fingerprint density at radius 3 is 2.68 bits per heavy atom. The molecule has 2 amide bonds. The Hall–Kier alpha value is -1.77. The maximum Gasteiger partial charge on any atom is 0.263 e. The number of aliphatic imine (C=N–C) groups is 1. The second kappa shape index (κ2) is 6.64. The van der Waals surface area contributed by atoms with E-state index < -0.39 is 5.54 Å². The van der Waals surface area contributed by atoms with Crippen LogP contribution in [0, 0.1) is 0 Å². The molecule has 4 aliphatic heterocycles. The van der Waals surface area contributed by atoms with Crippen LogP contribution < -0.4 is 10.6 Å². The lowest BCUT2D eigenvalue weighted by Gasteiger charge is -2.40. The molecule has 2 fully saturated rings. The van der Waals surface area contributed by atoms with Gasteiger partial charge in [-0.3, -0.25) is 14.6 Å². The topological polar surface area (TPSA) is 83.0 Å². The van der Waals surface area contributed by atoms with Crippen LogP contribution in [0.1, 0.15) is 52.7 Å². The molecule has 1 aromatic rings. The first kappa shape index (κ1) is 18.3. The average Bonchev–Trinajstić information content (AvgIpc) is 3.25. The molecule has 0 aliphatic carbocycles. The minimum atomic E-state index is -0.664. The molecule has 0 saturated carbocycles. The van der Waals surface area contributed by atoms with E-state index in [4.69, 9.17) is 4.74 Å². The van der Waals surface area contributed by atoms with Crippen molar-refractivity contribution in [2.24, 2.45) is 4.99 Å². The van der Waals surface area contributed by atoms with Crippen molar-refractivity contribution in [2.75, 3.05) is 32.8 Å². The molecule has 7 nitrogen and oxygen atoms in total. The van der Waals surface area contributed by atoms with Gasteiger partial charge in [-0.15, -0.1) is 11.3 Å². The van der Waals surface area contributed by atoms with E-state index in [2.05, 4.69) is 21.7 Å². The van der Waals surface area contributed by atoms with Gasteiger partial charge in [-0.05, 0) is 63.7 Å². The number of piperidine rings is 2. The van der Waals surface area contributed by atoms with Gasteiger partial charge in [0.2, 0.25) is 0 Å². The minimum Gasteiger partial charge on any atom is -0.369 e. The second-order valence-electron chi connectivity index (χ2n) is 8.28. The number of amides is 2. The summed E-state index contributed by atoms with van der Waals surface area (Å²) in [5.74, 6) is 0.745. The molecule has 5 heterocycles. The van der Waals surface area contributed by atoms with Gasteiger partial charge in [0.25, 0.3) is 11.8 Å². The van der Waals surface area contributed by atoms with Crippen molar-refractivity contribution >= 4 is 29.0 Å². The molecule has 5 rings (SSSR count). The van der Waals surface area contributed by atoms with E-state index in [1.807, 2.05) is 11.8 Å². The zero-order valence-corrected chi connectivity index (χ0v) is 17.0. The summed E-state index contributed by atoms with van der Waals surface area (Å²) in [6.07, 6.45) is 3.99. The summed E-state index contributed by atoms with van der Waals surface area (Å²) in [6, 6.07) is 2.09. The van der Waals surface area contributed by atoms with Gasteiger partial charge in [-0.1, -0.05) is 0 Å². The minimum absolute atomic E-state index is 0.0197. The maximum atomic E-state index is 13.2. The van der Waals surface area contributed by atoms with Crippen LogP contribution in [0.15, 0.2) is 11.1 Å². The van der Waals surface area contributed by atoms with Gasteiger partial charge in [0.05, 0.1) is 11.5 Å². The van der Waals surface area contributed by atoms with Crippen LogP contribution >= 0.6 is 11.3 Å². The van der Waals surface area contributed by atoms with Crippen LogP contribution in [0.2, 0.25) is 0 Å². The predicted molar refractivity (Wildman–Crippen MR) is 107 cm³/mol. The molecular weight excluding hydrogens is 376 g/mol. The summed E-state index contributed by atoms with van der Waals surface area (Å²) in [4.78, 5) is 33.9. The number of nitrogens with one attached hydrogen (secondary N) is 2. The number of carbonyl (C=O) groups excluding carboxylic acids is 2. The Balaban J connectivity index is 1.34. The number of likely N-dealkylation sites (tertiary alicyclic amines) is 1. The summed E-state index contributed by atoms with van der Waals surface area (Å²) >= 11 is 1.62. The van der Waals surface area contributed by atoms with Crippen molar-refractivity contribution in [3.05, 3.63) is 21.4 Å². The van der Waals surface area contributed by atoms with Gasteiger partial charge in [-0.2, -0.15) is 0 Å². The fourth-order valence-electron chi connectivity index (χ4n) is 4.98. The van der Waals surface area contributed by atoms with E-state index in [9.17, 15) is 9.59 Å². The number of ether oxygens (including phenoxy) is 1. The number of hydrogen-bond acceptors (Lipinski definition) is 6. The number of thiophene rings is 1. The van der Waals surface area contributed by atoms with E-state index in [0.717, 1.165) is 43.8 Å². The Morgan fingerprint density at radius 1 is 1.25 bits per heavy atom. The maximum absolute atomic E-state index is 13.2. The Bertz CT molecular complexity index is 848. The smallest absolute Gasteiger partial charge is 0.263 e. The summed E-state index contributed by atoms with van der Waals surface area (Å²) in [7, 11) is 0. The van der Waals surface area contributed by atoms with Crippen molar-refractivity contribution in [2.45, 2.75) is 50.2 Å². The van der Waals surface area contributed by atoms with Gasteiger partial charge < -0.3 is 20.3 Å². The molecule has 28 heavy (non-hydrogen) atoms. The van der Waals surface area contributed by atoms with E-state index in [0.29, 0.717) is 31.8 Å². The summed E-state index contributed by atoms with van der Waals surface area (Å²) < 4.78 is 6.24. The standard InChI is InChI=1S/C20H26N4O3S/c1-13-22-18(26)19(23-13)5-9-24(10-6-19)17(25)15-12-14-2-11-27-20(16(14)28-15)3-7-21-8-4-20/h12,21H,2-11H2,1H3,(H,22,23,26). The Labute approximate surface area is 168 Å². The van der Waals surface area contributed by atoms with Gasteiger partial charge in [-0.25, -0.2) is 0 Å². The molecule has 0 unspecified atom stereocenters. The van der Waals surface area contributed by atoms with Crippen LogP contribution in [0.3, 0.4) is 0 Å². The number of fused-ring (bicyclic) bond motifs is 2. The van der Waals surface area contributed by atoms with Gasteiger partial charge >= 0.3 is 0 Å². The van der Waals surface area contributed by atoms with Gasteiger partial charge in [0.1, 0.15) is 17.0 Å². The predicted octanol–water partition coefficient (Wildman–Crippen LogP) is 1.42. The largest absolute Gasteiger partial charge is 0.369 e. The Morgan fingerprint density at radius 2 is 2.00 bits per heavy atom. The number of amidine groups is 1. The lowest BCUT2D eigenvalue weighted by atomic mass is 9.86. The molecule has 8 heteroatoms. The van der Waals surface area contributed by atoms with Gasteiger partial charge in [0, 0.05) is 18.0 Å². The molecule has 4 aliphatic rings. The fourth-order valence-corrected chi connectivity index (χ4v) is 6.36. The first-order valence-corrected chi connectivity index (χ1v) is 11.0. The number of carbonyl (C=O) groups is 2. The fraction of sp³-hybridized carbons (Fsp3) is 0.650. The van der Waals surface area contributed by atoms with Crippen molar-refractivity contribution in [3.63, 3.8) is 0 Å². The van der Waals surface area contributed by atoms with Crippen LogP contribution in [0.25, 0.3) is 0 Å². The highest BCUT2D eigenvalue weighted by atomic mass is 32.1. The SMILES string of the molecule is CC1=NC2(CCN(C(=O)c3cc4c(s3)C3(CCNCC3)OCC4)CC2)C(=O)N1. The summed E-state index contributed by atoms with van der Waals surface area (Å²) in [6.45, 7) is 5.59. The molecule has 150 valence electrons. The van der Waals surface area contributed by atoms with Crippen molar-refractivity contribution in [1.29, 1.82) is 0 Å². The molecule has 0 atom stereocenters. The van der Waals surface area contributed by atoms with E-state index in [1.165, 1.54) is 10.4 Å². The molecule has 0 bridgehead atoms. The normalized spacial score (nSPS) is 25.5. The second-order valence-corrected chi connectivity index (χ2v) is 9.34. The van der Waals surface area contributed by atoms with Crippen LogP contribution in [0.4, 0.5) is 0 Å². The zero-order chi connectivity index (χ0) is 19.4. The first-order chi connectivity index (χ1) is 13.5. The van der Waals surface area contributed by atoms with E-state index in [-0.39, 0.29) is 17.4 Å². The summed E-state index contributed by atoms with van der Waals surface area (Å²) in [5.41, 5.74) is 0.412. The molecule has 2 saturated heterocycles.